The van der Waals surface area contributed by atoms with Crippen LogP contribution in [-0.2, 0) is 13.5 Å². The lowest BCUT2D eigenvalue weighted by Gasteiger charge is -2.13. The largest absolute Gasteiger partial charge is 0.386 e. The zero-order chi connectivity index (χ0) is 13.3. The number of aromatic nitrogens is 2. The monoisotopic (exact) mass is 244 g/mol. The molecule has 1 unspecified atom stereocenters. The molecule has 1 N–H and O–H groups in total. The van der Waals surface area contributed by atoms with Crippen LogP contribution < -0.4 is 0 Å². The molecule has 0 saturated carbocycles. The Morgan fingerprint density at radius 3 is 2.56 bits per heavy atom. The van der Waals surface area contributed by atoms with Gasteiger partial charge in [-0.15, -0.1) is 0 Å². The summed E-state index contributed by atoms with van der Waals surface area (Å²) in [6.07, 6.45) is 0.128. The summed E-state index contributed by atoms with van der Waals surface area (Å²) in [5, 5.41) is 14.6. The Morgan fingerprint density at radius 2 is 1.94 bits per heavy atom. The van der Waals surface area contributed by atoms with Crippen molar-refractivity contribution >= 4 is 0 Å². The maximum Gasteiger partial charge on any atom is 0.0996 e. The summed E-state index contributed by atoms with van der Waals surface area (Å²) in [5.41, 5.74) is 5.45. The fourth-order valence-electron chi connectivity index (χ4n) is 2.28. The zero-order valence-corrected chi connectivity index (χ0v) is 11.4. The van der Waals surface area contributed by atoms with E-state index in [-0.39, 0.29) is 0 Å². The number of benzene rings is 1. The van der Waals surface area contributed by atoms with E-state index in [0.29, 0.717) is 6.42 Å². The fraction of sp³-hybridized carbons (Fsp3) is 0.400. The van der Waals surface area contributed by atoms with Crippen LogP contribution in [0.2, 0.25) is 0 Å². The van der Waals surface area contributed by atoms with E-state index >= 15 is 0 Å². The molecule has 2 rings (SSSR count). The van der Waals surface area contributed by atoms with Crippen molar-refractivity contribution in [2.24, 2.45) is 7.05 Å². The van der Waals surface area contributed by atoms with Gasteiger partial charge in [0, 0.05) is 13.5 Å². The molecular weight excluding hydrogens is 224 g/mol. The summed E-state index contributed by atoms with van der Waals surface area (Å²) in [7, 11) is 1.87. The second-order valence-corrected chi connectivity index (χ2v) is 4.98. The first kappa shape index (κ1) is 12.8. The summed E-state index contributed by atoms with van der Waals surface area (Å²) in [5.74, 6) is 0. The molecule has 0 aliphatic rings. The summed E-state index contributed by atoms with van der Waals surface area (Å²) in [6.45, 7) is 6.09. The first-order valence-electron chi connectivity index (χ1n) is 6.22. The normalized spacial score (nSPS) is 12.7. The van der Waals surface area contributed by atoms with Crippen LogP contribution in [0, 0.1) is 20.8 Å². The lowest BCUT2D eigenvalue weighted by molar-refractivity contribution is 0.168. The molecule has 2 aromatic rings. The number of aryl methyl sites for hydroxylation is 4. The number of hydrogen-bond donors (Lipinski definition) is 1. The van der Waals surface area contributed by atoms with Crippen molar-refractivity contribution in [1.29, 1.82) is 0 Å². The van der Waals surface area contributed by atoms with E-state index in [4.69, 9.17) is 0 Å². The molecule has 3 nitrogen and oxygen atoms in total. The second kappa shape index (κ2) is 4.94. The molecule has 0 aliphatic carbocycles. The van der Waals surface area contributed by atoms with E-state index in [2.05, 4.69) is 37.1 Å². The van der Waals surface area contributed by atoms with E-state index in [1.165, 1.54) is 16.7 Å². The van der Waals surface area contributed by atoms with Crippen molar-refractivity contribution in [3.05, 3.63) is 52.3 Å². The molecule has 0 fully saturated rings. The minimum atomic E-state index is -0.503. The molecule has 1 aromatic heterocycles. The van der Waals surface area contributed by atoms with Gasteiger partial charge < -0.3 is 5.11 Å². The van der Waals surface area contributed by atoms with Crippen LogP contribution in [0.4, 0.5) is 0 Å². The van der Waals surface area contributed by atoms with E-state index in [1.807, 2.05) is 20.0 Å². The Labute approximate surface area is 108 Å². The van der Waals surface area contributed by atoms with E-state index < -0.39 is 6.10 Å². The fourth-order valence-corrected chi connectivity index (χ4v) is 2.28. The molecule has 1 heterocycles. The first-order valence-corrected chi connectivity index (χ1v) is 6.22. The molecule has 0 bridgehead atoms. The summed E-state index contributed by atoms with van der Waals surface area (Å²) >= 11 is 0. The number of nitrogens with zero attached hydrogens (tertiary/aromatic N) is 2. The predicted molar refractivity (Wildman–Crippen MR) is 72.5 cm³/mol. The minimum absolute atomic E-state index is 0.503. The predicted octanol–water partition coefficient (Wildman–Crippen LogP) is 2.62. The second-order valence-electron chi connectivity index (χ2n) is 4.98. The number of hydrogen-bond acceptors (Lipinski definition) is 2. The van der Waals surface area contributed by atoms with Crippen molar-refractivity contribution in [2.75, 3.05) is 0 Å². The van der Waals surface area contributed by atoms with Crippen molar-refractivity contribution in [1.82, 2.24) is 9.78 Å². The highest BCUT2D eigenvalue weighted by Gasteiger charge is 2.14. The van der Waals surface area contributed by atoms with Gasteiger partial charge in [-0.3, -0.25) is 4.68 Å². The van der Waals surface area contributed by atoms with Gasteiger partial charge in [0.1, 0.15) is 0 Å². The van der Waals surface area contributed by atoms with Crippen LogP contribution in [0.15, 0.2) is 24.3 Å². The Kier molecular flexibility index (Phi) is 3.53. The highest BCUT2D eigenvalue weighted by molar-refractivity contribution is 5.31. The molecule has 0 radical (unpaired) electrons. The van der Waals surface area contributed by atoms with Crippen LogP contribution in [0.25, 0.3) is 0 Å². The van der Waals surface area contributed by atoms with E-state index in [9.17, 15) is 5.11 Å². The van der Waals surface area contributed by atoms with E-state index in [0.717, 1.165) is 11.4 Å². The molecule has 0 saturated heterocycles. The van der Waals surface area contributed by atoms with Gasteiger partial charge in [0.2, 0.25) is 0 Å². The van der Waals surface area contributed by atoms with Gasteiger partial charge in [0.15, 0.2) is 0 Å². The van der Waals surface area contributed by atoms with Gasteiger partial charge in [0.25, 0.3) is 0 Å². The third-order valence-electron chi connectivity index (χ3n) is 3.30. The van der Waals surface area contributed by atoms with Crippen LogP contribution in [0.3, 0.4) is 0 Å². The third-order valence-corrected chi connectivity index (χ3v) is 3.30. The topological polar surface area (TPSA) is 38.1 Å². The van der Waals surface area contributed by atoms with Gasteiger partial charge in [-0.05, 0) is 38.0 Å². The van der Waals surface area contributed by atoms with Gasteiger partial charge in [-0.25, -0.2) is 0 Å². The van der Waals surface area contributed by atoms with Gasteiger partial charge in [-0.1, -0.05) is 23.8 Å². The average Bonchev–Trinajstić information content (AvgIpc) is 2.63. The Hall–Kier alpha value is -1.61. The molecule has 0 amide bonds. The Bertz CT molecular complexity index is 558. The Morgan fingerprint density at radius 1 is 1.22 bits per heavy atom. The molecule has 0 aliphatic heterocycles. The maximum atomic E-state index is 10.3. The lowest BCUT2D eigenvalue weighted by atomic mass is 9.99. The minimum Gasteiger partial charge on any atom is -0.386 e. The smallest absolute Gasteiger partial charge is 0.0996 e. The lowest BCUT2D eigenvalue weighted by Crippen LogP contribution is -2.08. The first-order chi connectivity index (χ1) is 8.47. The quantitative estimate of drug-likeness (QED) is 0.901. The van der Waals surface area contributed by atoms with Gasteiger partial charge in [-0.2, -0.15) is 5.10 Å². The highest BCUT2D eigenvalue weighted by Crippen LogP contribution is 2.21. The number of aliphatic hydroxyl groups excluding tert-OH is 1. The molecular formula is C15H20N2O. The number of aliphatic hydroxyl groups is 1. The summed E-state index contributed by atoms with van der Waals surface area (Å²) < 4.78 is 1.76. The van der Waals surface area contributed by atoms with Crippen LogP contribution in [-0.4, -0.2) is 14.9 Å². The van der Waals surface area contributed by atoms with Crippen LogP contribution in [0.1, 0.15) is 34.2 Å². The molecule has 96 valence electrons. The highest BCUT2D eigenvalue weighted by atomic mass is 16.3. The van der Waals surface area contributed by atoms with Crippen molar-refractivity contribution < 1.29 is 5.11 Å². The third kappa shape index (κ3) is 2.62. The Balaban J connectivity index is 2.23. The van der Waals surface area contributed by atoms with Crippen molar-refractivity contribution in [3.63, 3.8) is 0 Å². The number of rotatable bonds is 3. The molecule has 1 atom stereocenters. The summed E-state index contributed by atoms with van der Waals surface area (Å²) in [6, 6.07) is 8.28. The standard InChI is InChI=1S/C15H20N2O/c1-10-5-6-11(2)13(7-10)9-15(18)14-8-12(3)16-17(14)4/h5-8,15,18H,9H2,1-4H3. The van der Waals surface area contributed by atoms with Gasteiger partial charge >= 0.3 is 0 Å². The SMILES string of the molecule is Cc1ccc(C)c(CC(O)c2cc(C)nn2C)c1. The molecule has 1 aromatic carbocycles. The van der Waals surface area contributed by atoms with Crippen LogP contribution in [0.5, 0.6) is 0 Å². The molecule has 18 heavy (non-hydrogen) atoms. The average molecular weight is 244 g/mol. The molecule has 3 heteroatoms. The zero-order valence-electron chi connectivity index (χ0n) is 11.4. The van der Waals surface area contributed by atoms with Gasteiger partial charge in [0.05, 0.1) is 17.5 Å². The maximum absolute atomic E-state index is 10.3. The van der Waals surface area contributed by atoms with E-state index in [1.54, 1.807) is 4.68 Å². The van der Waals surface area contributed by atoms with Crippen LogP contribution >= 0.6 is 0 Å². The summed E-state index contributed by atoms with van der Waals surface area (Å²) in [4.78, 5) is 0. The van der Waals surface area contributed by atoms with Crippen molar-refractivity contribution in [2.45, 2.75) is 33.3 Å². The molecule has 0 spiro atoms. The van der Waals surface area contributed by atoms with Crippen molar-refractivity contribution in [3.8, 4) is 0 Å².